The third kappa shape index (κ3) is 2.03. The Kier molecular flexibility index (Phi) is 3.06. The van der Waals surface area contributed by atoms with Gasteiger partial charge in [0.15, 0.2) is 0 Å². The summed E-state index contributed by atoms with van der Waals surface area (Å²) in [4.78, 5) is 16.5. The van der Waals surface area contributed by atoms with Crippen LogP contribution in [0.1, 0.15) is 19.8 Å². The van der Waals surface area contributed by atoms with E-state index >= 15 is 0 Å². The number of carbonyl (C=O) groups excluding carboxylic acids is 1. The summed E-state index contributed by atoms with van der Waals surface area (Å²) >= 11 is 3.38. The van der Waals surface area contributed by atoms with Crippen molar-refractivity contribution in [1.29, 1.82) is 0 Å². The van der Waals surface area contributed by atoms with Crippen molar-refractivity contribution in [2.24, 2.45) is 0 Å². The highest BCUT2D eigenvalue weighted by Crippen LogP contribution is 2.40. The van der Waals surface area contributed by atoms with Crippen LogP contribution in [-0.2, 0) is 4.79 Å². The Morgan fingerprint density at radius 3 is 2.56 bits per heavy atom. The highest BCUT2D eigenvalue weighted by molar-refractivity contribution is 9.10. The molecule has 1 aliphatic heterocycles. The number of anilines is 2. The molecule has 1 aliphatic carbocycles. The molecular formula is C14H17BrN2O. The standard InChI is InChI=1S/C14H17BrN2O/c1-10(15)14(18)17-9-8-16(11-6-7-11)12-4-2-3-5-13(12)17/h2-5,10-11H,6-9H2,1H3. The highest BCUT2D eigenvalue weighted by atomic mass is 79.9. The van der Waals surface area contributed by atoms with Crippen molar-refractivity contribution >= 4 is 33.2 Å². The van der Waals surface area contributed by atoms with E-state index in [2.05, 4.69) is 39.0 Å². The minimum absolute atomic E-state index is 0.127. The fourth-order valence-corrected chi connectivity index (χ4v) is 2.84. The molecule has 1 atom stereocenters. The molecule has 2 aliphatic rings. The van der Waals surface area contributed by atoms with Gasteiger partial charge in [-0.2, -0.15) is 0 Å². The van der Waals surface area contributed by atoms with Crippen molar-refractivity contribution in [3.05, 3.63) is 24.3 Å². The Morgan fingerprint density at radius 2 is 1.94 bits per heavy atom. The van der Waals surface area contributed by atoms with Crippen molar-refractivity contribution in [3.8, 4) is 0 Å². The molecule has 1 fully saturated rings. The van der Waals surface area contributed by atoms with E-state index in [1.807, 2.05) is 17.9 Å². The van der Waals surface area contributed by atoms with Crippen molar-refractivity contribution < 1.29 is 4.79 Å². The van der Waals surface area contributed by atoms with Crippen LogP contribution < -0.4 is 9.80 Å². The maximum atomic E-state index is 12.2. The van der Waals surface area contributed by atoms with Gasteiger partial charge < -0.3 is 9.80 Å². The molecule has 4 heteroatoms. The molecule has 1 aromatic rings. The van der Waals surface area contributed by atoms with E-state index in [-0.39, 0.29) is 10.7 Å². The van der Waals surface area contributed by atoms with E-state index in [1.54, 1.807) is 0 Å². The van der Waals surface area contributed by atoms with Gasteiger partial charge >= 0.3 is 0 Å². The summed E-state index contributed by atoms with van der Waals surface area (Å²) in [6, 6.07) is 8.95. The third-order valence-corrected chi connectivity index (χ3v) is 4.03. The number of alkyl halides is 1. The summed E-state index contributed by atoms with van der Waals surface area (Å²) in [5.74, 6) is 0.151. The van der Waals surface area contributed by atoms with Crippen LogP contribution in [0, 0.1) is 0 Å². The van der Waals surface area contributed by atoms with Crippen molar-refractivity contribution in [1.82, 2.24) is 0 Å². The summed E-state index contributed by atoms with van der Waals surface area (Å²) in [5, 5.41) is 0. The Hall–Kier alpha value is -1.03. The van der Waals surface area contributed by atoms with Gasteiger partial charge in [0.1, 0.15) is 0 Å². The lowest BCUT2D eigenvalue weighted by Gasteiger charge is -2.38. The minimum atomic E-state index is -0.127. The zero-order valence-corrected chi connectivity index (χ0v) is 12.1. The quantitative estimate of drug-likeness (QED) is 0.784. The second-order valence-electron chi connectivity index (χ2n) is 5.02. The third-order valence-electron chi connectivity index (χ3n) is 3.64. The molecule has 1 aromatic carbocycles. The van der Waals surface area contributed by atoms with Gasteiger partial charge in [-0.1, -0.05) is 28.1 Å². The monoisotopic (exact) mass is 308 g/mol. The minimum Gasteiger partial charge on any atom is -0.365 e. The van der Waals surface area contributed by atoms with Gasteiger partial charge in [0.25, 0.3) is 0 Å². The number of carbonyl (C=O) groups is 1. The summed E-state index contributed by atoms with van der Waals surface area (Å²) in [7, 11) is 0. The second kappa shape index (κ2) is 4.57. The van der Waals surface area contributed by atoms with Gasteiger partial charge in [0.2, 0.25) is 5.91 Å². The molecular weight excluding hydrogens is 292 g/mol. The predicted molar refractivity (Wildman–Crippen MR) is 77.6 cm³/mol. The first-order valence-corrected chi connectivity index (χ1v) is 7.41. The van der Waals surface area contributed by atoms with Gasteiger partial charge in [-0.3, -0.25) is 4.79 Å². The summed E-state index contributed by atoms with van der Waals surface area (Å²) in [6.45, 7) is 3.63. The van der Waals surface area contributed by atoms with Gasteiger partial charge in [-0.05, 0) is 31.9 Å². The Morgan fingerprint density at radius 1 is 1.28 bits per heavy atom. The number of benzene rings is 1. The Labute approximate surface area is 116 Å². The second-order valence-corrected chi connectivity index (χ2v) is 6.39. The van der Waals surface area contributed by atoms with E-state index in [0.717, 1.165) is 18.8 Å². The molecule has 96 valence electrons. The van der Waals surface area contributed by atoms with Crippen LogP contribution in [0.3, 0.4) is 0 Å². The maximum absolute atomic E-state index is 12.2. The highest BCUT2D eigenvalue weighted by Gasteiger charge is 2.35. The molecule has 0 N–H and O–H groups in total. The van der Waals surface area contributed by atoms with Crippen molar-refractivity contribution in [2.45, 2.75) is 30.6 Å². The van der Waals surface area contributed by atoms with E-state index in [0.29, 0.717) is 6.04 Å². The van der Waals surface area contributed by atoms with Crippen LogP contribution in [0.2, 0.25) is 0 Å². The fourth-order valence-electron chi connectivity index (χ4n) is 2.59. The fraction of sp³-hybridized carbons (Fsp3) is 0.500. The number of hydrogen-bond donors (Lipinski definition) is 0. The van der Waals surface area contributed by atoms with Crippen LogP contribution in [-0.4, -0.2) is 29.9 Å². The van der Waals surface area contributed by atoms with Crippen molar-refractivity contribution in [2.75, 3.05) is 22.9 Å². The Bertz CT molecular complexity index is 471. The average molecular weight is 309 g/mol. The van der Waals surface area contributed by atoms with E-state index in [9.17, 15) is 4.79 Å². The lowest BCUT2D eigenvalue weighted by Crippen LogP contribution is -2.46. The Balaban J connectivity index is 1.96. The number of para-hydroxylation sites is 2. The topological polar surface area (TPSA) is 23.6 Å². The molecule has 0 saturated heterocycles. The molecule has 0 bridgehead atoms. The molecule has 0 aromatic heterocycles. The molecule has 1 saturated carbocycles. The van der Waals surface area contributed by atoms with Crippen molar-refractivity contribution in [3.63, 3.8) is 0 Å². The lowest BCUT2D eigenvalue weighted by molar-refractivity contribution is -0.117. The molecule has 3 rings (SSSR count). The summed E-state index contributed by atoms with van der Waals surface area (Å²) < 4.78 is 0. The first-order chi connectivity index (χ1) is 8.68. The first kappa shape index (κ1) is 12.0. The van der Waals surface area contributed by atoms with Crippen LogP contribution >= 0.6 is 15.9 Å². The van der Waals surface area contributed by atoms with Crippen LogP contribution in [0.25, 0.3) is 0 Å². The molecule has 1 unspecified atom stereocenters. The summed E-state index contributed by atoms with van der Waals surface area (Å²) in [5.41, 5.74) is 2.28. The van der Waals surface area contributed by atoms with Gasteiger partial charge in [-0.25, -0.2) is 0 Å². The molecule has 0 radical (unpaired) electrons. The number of amides is 1. The largest absolute Gasteiger partial charge is 0.365 e. The molecule has 0 spiro atoms. The SMILES string of the molecule is CC(Br)C(=O)N1CCN(C2CC2)c2ccccc21. The van der Waals surface area contributed by atoms with Crippen LogP contribution in [0.15, 0.2) is 24.3 Å². The molecule has 1 heterocycles. The number of nitrogens with zero attached hydrogens (tertiary/aromatic N) is 2. The number of fused-ring (bicyclic) bond motifs is 1. The lowest BCUT2D eigenvalue weighted by atomic mass is 10.1. The number of rotatable bonds is 2. The normalized spacial score (nSPS) is 20.6. The molecule has 18 heavy (non-hydrogen) atoms. The molecule has 3 nitrogen and oxygen atoms in total. The maximum Gasteiger partial charge on any atom is 0.240 e. The number of halogens is 1. The van der Waals surface area contributed by atoms with Gasteiger partial charge in [0.05, 0.1) is 16.2 Å². The van der Waals surface area contributed by atoms with E-state index in [4.69, 9.17) is 0 Å². The zero-order valence-electron chi connectivity index (χ0n) is 10.5. The van der Waals surface area contributed by atoms with Crippen LogP contribution in [0.4, 0.5) is 11.4 Å². The van der Waals surface area contributed by atoms with E-state index in [1.165, 1.54) is 18.5 Å². The van der Waals surface area contributed by atoms with Gasteiger partial charge in [-0.15, -0.1) is 0 Å². The first-order valence-electron chi connectivity index (χ1n) is 6.49. The zero-order chi connectivity index (χ0) is 12.7. The average Bonchev–Trinajstić information content (AvgIpc) is 3.21. The number of hydrogen-bond acceptors (Lipinski definition) is 2. The predicted octanol–water partition coefficient (Wildman–Crippen LogP) is 2.79. The van der Waals surface area contributed by atoms with Crippen LogP contribution in [0.5, 0.6) is 0 Å². The van der Waals surface area contributed by atoms with E-state index < -0.39 is 0 Å². The van der Waals surface area contributed by atoms with Gasteiger partial charge in [0, 0.05) is 19.1 Å². The summed E-state index contributed by atoms with van der Waals surface area (Å²) in [6.07, 6.45) is 2.58. The smallest absolute Gasteiger partial charge is 0.240 e. The molecule has 1 amide bonds.